The number of hydrogen-bond donors (Lipinski definition) is 2. The first-order valence-corrected chi connectivity index (χ1v) is 7.28. The number of aromatic nitrogens is 4. The number of carboxylic acids is 1. The molecule has 0 atom stereocenters. The van der Waals surface area contributed by atoms with Crippen molar-refractivity contribution in [2.45, 2.75) is 20.3 Å². The number of hydrogen-bond acceptors (Lipinski definition) is 6. The van der Waals surface area contributed by atoms with E-state index in [2.05, 4.69) is 20.8 Å². The van der Waals surface area contributed by atoms with Crippen LogP contribution in [0.3, 0.4) is 0 Å². The van der Waals surface area contributed by atoms with E-state index in [4.69, 9.17) is 9.84 Å². The van der Waals surface area contributed by atoms with Gasteiger partial charge in [0.1, 0.15) is 17.8 Å². The van der Waals surface area contributed by atoms with Crippen molar-refractivity contribution < 1.29 is 19.4 Å². The highest BCUT2D eigenvalue weighted by atomic mass is 16.5. The van der Waals surface area contributed by atoms with E-state index in [0.717, 1.165) is 0 Å². The molecular weight excluding hydrogens is 314 g/mol. The summed E-state index contributed by atoms with van der Waals surface area (Å²) in [4.78, 5) is 23.3. The lowest BCUT2D eigenvalue weighted by Crippen LogP contribution is -2.32. The molecule has 0 fully saturated rings. The number of carboxylic acid groups (broad SMARTS) is 1. The number of carbonyl (C=O) groups excluding carboxylic acids is 1. The lowest BCUT2D eigenvalue weighted by atomic mass is 9.90. The fourth-order valence-corrected chi connectivity index (χ4v) is 1.98. The fourth-order valence-electron chi connectivity index (χ4n) is 1.98. The van der Waals surface area contributed by atoms with Crippen LogP contribution in [0.2, 0.25) is 0 Å². The summed E-state index contributed by atoms with van der Waals surface area (Å²) < 4.78 is 6.63. The van der Waals surface area contributed by atoms with Gasteiger partial charge in [-0.25, -0.2) is 0 Å². The summed E-state index contributed by atoms with van der Waals surface area (Å²) in [6.45, 7) is 3.49. The maximum absolute atomic E-state index is 12.3. The average Bonchev–Trinajstić information content (AvgIpc) is 3.08. The van der Waals surface area contributed by atoms with Gasteiger partial charge in [0.2, 0.25) is 0 Å². The fraction of sp³-hybridized carbons (Fsp3) is 0.400. The molecule has 1 amide bonds. The molecule has 0 aliphatic rings. The number of methoxy groups -OCH3 is 1. The maximum atomic E-state index is 12.3. The first-order valence-electron chi connectivity index (χ1n) is 7.28. The van der Waals surface area contributed by atoms with E-state index in [9.17, 15) is 9.59 Å². The van der Waals surface area contributed by atoms with Gasteiger partial charge >= 0.3 is 5.97 Å². The average molecular weight is 333 g/mol. The summed E-state index contributed by atoms with van der Waals surface area (Å²) in [6.07, 6.45) is 1.72. The Morgan fingerprint density at radius 2 is 2.12 bits per heavy atom. The van der Waals surface area contributed by atoms with Crippen molar-refractivity contribution in [3.63, 3.8) is 0 Å². The van der Waals surface area contributed by atoms with Crippen LogP contribution in [0.25, 0.3) is 5.69 Å². The zero-order valence-corrected chi connectivity index (χ0v) is 13.7. The van der Waals surface area contributed by atoms with E-state index >= 15 is 0 Å². The predicted molar refractivity (Wildman–Crippen MR) is 84.1 cm³/mol. The van der Waals surface area contributed by atoms with E-state index in [0.29, 0.717) is 23.4 Å². The molecule has 0 saturated carbocycles. The number of rotatable bonds is 7. The van der Waals surface area contributed by atoms with Crippen LogP contribution < -0.4 is 10.1 Å². The molecule has 9 heteroatoms. The third-order valence-electron chi connectivity index (χ3n) is 3.65. The summed E-state index contributed by atoms with van der Waals surface area (Å²) in [5.41, 5.74) is 0.0283. The van der Waals surface area contributed by atoms with E-state index in [1.165, 1.54) is 18.1 Å². The second kappa shape index (κ2) is 7.07. The largest absolute Gasteiger partial charge is 0.494 e. The molecule has 2 N–H and O–H groups in total. The van der Waals surface area contributed by atoms with Crippen molar-refractivity contribution in [3.8, 4) is 11.4 Å². The van der Waals surface area contributed by atoms with Gasteiger partial charge in [-0.1, -0.05) is 0 Å². The molecule has 2 rings (SSSR count). The van der Waals surface area contributed by atoms with Gasteiger partial charge in [0, 0.05) is 12.1 Å². The lowest BCUT2D eigenvalue weighted by molar-refractivity contribution is -0.147. The first kappa shape index (κ1) is 17.4. The zero-order chi connectivity index (χ0) is 17.7. The van der Waals surface area contributed by atoms with Crippen LogP contribution in [-0.4, -0.2) is 50.8 Å². The van der Waals surface area contributed by atoms with E-state index in [1.54, 1.807) is 32.0 Å². The Labute approximate surface area is 138 Å². The summed E-state index contributed by atoms with van der Waals surface area (Å²) in [6, 6.07) is 4.87. The van der Waals surface area contributed by atoms with Crippen molar-refractivity contribution >= 4 is 11.9 Å². The van der Waals surface area contributed by atoms with Crippen molar-refractivity contribution in [1.29, 1.82) is 0 Å². The molecule has 24 heavy (non-hydrogen) atoms. The van der Waals surface area contributed by atoms with Gasteiger partial charge < -0.3 is 15.2 Å². The van der Waals surface area contributed by atoms with Crippen LogP contribution in [0, 0.1) is 5.41 Å². The normalized spacial score (nSPS) is 11.1. The van der Waals surface area contributed by atoms with Gasteiger partial charge in [-0.15, -0.1) is 5.10 Å². The minimum Gasteiger partial charge on any atom is -0.494 e. The number of carbonyl (C=O) groups is 2. The van der Waals surface area contributed by atoms with Crippen molar-refractivity contribution in [3.05, 3.63) is 30.1 Å². The van der Waals surface area contributed by atoms with Crippen LogP contribution in [0.5, 0.6) is 5.75 Å². The van der Waals surface area contributed by atoms with Gasteiger partial charge in [-0.05, 0) is 48.9 Å². The highest BCUT2D eigenvalue weighted by Crippen LogP contribution is 2.23. The van der Waals surface area contributed by atoms with Crippen LogP contribution in [0.1, 0.15) is 30.6 Å². The number of benzene rings is 1. The Kier molecular flexibility index (Phi) is 5.12. The van der Waals surface area contributed by atoms with Gasteiger partial charge in [-0.2, -0.15) is 4.68 Å². The number of nitrogens with zero attached hydrogens (tertiary/aromatic N) is 4. The van der Waals surface area contributed by atoms with Crippen LogP contribution in [0.4, 0.5) is 0 Å². The molecule has 1 aromatic heterocycles. The second-order valence-corrected chi connectivity index (χ2v) is 5.84. The Bertz CT molecular complexity index is 727. The number of amides is 1. The molecule has 0 unspecified atom stereocenters. The Balaban J connectivity index is 2.10. The molecule has 0 bridgehead atoms. The predicted octanol–water partition coefficient (Wildman–Crippen LogP) is 0.902. The SMILES string of the molecule is COc1ccc(C(=O)NCCC(C)(C)C(=O)O)cc1-n1cnnn1. The van der Waals surface area contributed by atoms with Gasteiger partial charge in [0.15, 0.2) is 0 Å². The topological polar surface area (TPSA) is 119 Å². The van der Waals surface area contributed by atoms with Crippen molar-refractivity contribution in [2.24, 2.45) is 5.41 Å². The number of aliphatic carboxylic acids is 1. The number of ether oxygens (including phenoxy) is 1. The second-order valence-electron chi connectivity index (χ2n) is 5.84. The highest BCUT2D eigenvalue weighted by Gasteiger charge is 2.26. The highest BCUT2D eigenvalue weighted by molar-refractivity contribution is 5.95. The molecule has 0 spiro atoms. The van der Waals surface area contributed by atoms with Crippen LogP contribution >= 0.6 is 0 Å². The van der Waals surface area contributed by atoms with Gasteiger partial charge in [0.25, 0.3) is 5.91 Å². The van der Waals surface area contributed by atoms with E-state index in [-0.39, 0.29) is 12.5 Å². The quantitative estimate of drug-likeness (QED) is 0.772. The third kappa shape index (κ3) is 3.86. The molecule has 1 aromatic carbocycles. The van der Waals surface area contributed by atoms with Crippen LogP contribution in [-0.2, 0) is 4.79 Å². The zero-order valence-electron chi connectivity index (χ0n) is 13.7. The minimum atomic E-state index is -0.901. The lowest BCUT2D eigenvalue weighted by Gasteiger charge is -2.19. The molecule has 9 nitrogen and oxygen atoms in total. The van der Waals surface area contributed by atoms with Crippen molar-refractivity contribution in [1.82, 2.24) is 25.5 Å². The van der Waals surface area contributed by atoms with Gasteiger partial charge in [0.05, 0.1) is 12.5 Å². The molecule has 0 saturated heterocycles. The molecule has 2 aromatic rings. The van der Waals surface area contributed by atoms with Gasteiger partial charge in [-0.3, -0.25) is 9.59 Å². The first-order chi connectivity index (χ1) is 11.3. The number of nitrogens with one attached hydrogen (secondary N) is 1. The molecule has 0 aliphatic heterocycles. The standard InChI is InChI=1S/C15H19N5O4/c1-15(2,14(22)23)6-7-16-13(21)10-4-5-12(24-3)11(8-10)20-9-17-18-19-20/h4-5,8-9H,6-7H2,1-3H3,(H,16,21)(H,22,23). The smallest absolute Gasteiger partial charge is 0.309 e. The summed E-state index contributed by atoms with van der Waals surface area (Å²) >= 11 is 0. The summed E-state index contributed by atoms with van der Waals surface area (Å²) in [5, 5.41) is 22.7. The molecule has 1 heterocycles. The van der Waals surface area contributed by atoms with Crippen LogP contribution in [0.15, 0.2) is 24.5 Å². The summed E-state index contributed by atoms with van der Waals surface area (Å²) in [7, 11) is 1.51. The Morgan fingerprint density at radius 3 is 2.71 bits per heavy atom. The number of tetrazole rings is 1. The van der Waals surface area contributed by atoms with E-state index in [1.807, 2.05) is 0 Å². The Hall–Kier alpha value is -2.97. The van der Waals surface area contributed by atoms with E-state index < -0.39 is 11.4 Å². The maximum Gasteiger partial charge on any atom is 0.309 e. The molecule has 128 valence electrons. The summed E-state index contributed by atoms with van der Waals surface area (Å²) in [5.74, 6) is -0.693. The molecular formula is C15H19N5O4. The minimum absolute atomic E-state index is 0.254. The third-order valence-corrected chi connectivity index (χ3v) is 3.65. The molecule has 0 radical (unpaired) electrons. The molecule has 0 aliphatic carbocycles. The van der Waals surface area contributed by atoms with Crippen molar-refractivity contribution in [2.75, 3.05) is 13.7 Å². The monoisotopic (exact) mass is 333 g/mol. The Morgan fingerprint density at radius 1 is 1.38 bits per heavy atom.